The first kappa shape index (κ1) is 24.7. The average Bonchev–Trinajstić information content (AvgIpc) is 2.65. The average molecular weight is 469 g/mol. The van der Waals surface area contributed by atoms with Crippen LogP contribution in [0.15, 0.2) is 53.4 Å². The van der Waals surface area contributed by atoms with Crippen LogP contribution in [0.5, 0.6) is 5.75 Å². The molecule has 0 unspecified atom stereocenters. The summed E-state index contributed by atoms with van der Waals surface area (Å²) in [5.41, 5.74) is 1.04. The van der Waals surface area contributed by atoms with Crippen LogP contribution in [0.25, 0.3) is 0 Å². The zero-order valence-electron chi connectivity index (χ0n) is 18.2. The Kier molecular flexibility index (Phi) is 7.72. The van der Waals surface area contributed by atoms with Gasteiger partial charge in [0.2, 0.25) is 15.9 Å². The van der Waals surface area contributed by atoms with Crippen LogP contribution in [0, 0.1) is 0 Å². The molecule has 0 radical (unpaired) electrons. The van der Waals surface area contributed by atoms with Crippen LogP contribution < -0.4 is 14.4 Å². The van der Waals surface area contributed by atoms with Crippen molar-refractivity contribution in [2.75, 3.05) is 23.4 Å². The van der Waals surface area contributed by atoms with E-state index in [2.05, 4.69) is 5.32 Å². The van der Waals surface area contributed by atoms with E-state index in [0.29, 0.717) is 17.0 Å². The summed E-state index contributed by atoms with van der Waals surface area (Å²) in [7, 11) is -7.02. The van der Waals surface area contributed by atoms with Crippen molar-refractivity contribution in [2.24, 2.45) is 0 Å². The predicted octanol–water partition coefficient (Wildman–Crippen LogP) is 2.52. The SMILES string of the molecule is CC(C)Oc1ccc(N(CC(=O)N[C@H](C)c2ccc(S(C)(=O)=O)cc2)S(C)(=O)=O)cc1. The maximum Gasteiger partial charge on any atom is 0.241 e. The molecule has 0 aromatic heterocycles. The second-order valence-electron chi connectivity index (χ2n) is 7.56. The summed E-state index contributed by atoms with van der Waals surface area (Å²) in [5.74, 6) is 0.107. The van der Waals surface area contributed by atoms with Crippen LogP contribution >= 0.6 is 0 Å². The number of hydrogen-bond donors (Lipinski definition) is 1. The third kappa shape index (κ3) is 7.25. The van der Waals surface area contributed by atoms with Crippen molar-refractivity contribution in [3.05, 3.63) is 54.1 Å². The van der Waals surface area contributed by atoms with Crippen LogP contribution in [0.4, 0.5) is 5.69 Å². The molecule has 8 nitrogen and oxygen atoms in total. The Labute approximate surface area is 184 Å². The number of nitrogens with one attached hydrogen (secondary N) is 1. The van der Waals surface area contributed by atoms with E-state index in [9.17, 15) is 21.6 Å². The Bertz CT molecular complexity index is 1110. The maximum atomic E-state index is 12.6. The van der Waals surface area contributed by atoms with Gasteiger partial charge in [-0.2, -0.15) is 0 Å². The van der Waals surface area contributed by atoms with Crippen molar-refractivity contribution >= 4 is 31.5 Å². The molecule has 10 heteroatoms. The van der Waals surface area contributed by atoms with Crippen molar-refractivity contribution in [1.82, 2.24) is 5.32 Å². The molecule has 2 aromatic rings. The first-order valence-corrected chi connectivity index (χ1v) is 13.3. The number of nitrogens with zero attached hydrogens (tertiary/aromatic N) is 1. The minimum absolute atomic E-state index is 0.0179. The molecule has 1 N–H and O–H groups in total. The van der Waals surface area contributed by atoms with Crippen LogP contribution in [0.1, 0.15) is 32.4 Å². The van der Waals surface area contributed by atoms with Crippen LogP contribution in [0.3, 0.4) is 0 Å². The first-order valence-electron chi connectivity index (χ1n) is 9.61. The van der Waals surface area contributed by atoms with Gasteiger partial charge in [0.25, 0.3) is 0 Å². The second kappa shape index (κ2) is 9.69. The maximum absolute atomic E-state index is 12.6. The quantitative estimate of drug-likeness (QED) is 0.606. The van der Waals surface area contributed by atoms with Gasteiger partial charge in [-0.05, 0) is 62.7 Å². The van der Waals surface area contributed by atoms with E-state index < -0.39 is 38.4 Å². The Hall–Kier alpha value is -2.59. The number of hydrogen-bond acceptors (Lipinski definition) is 6. The molecule has 0 fully saturated rings. The number of sulfone groups is 1. The molecule has 0 heterocycles. The number of anilines is 1. The number of sulfonamides is 1. The van der Waals surface area contributed by atoms with Crippen molar-refractivity contribution in [3.8, 4) is 5.75 Å². The lowest BCUT2D eigenvalue weighted by Crippen LogP contribution is -2.41. The summed E-state index contributed by atoms with van der Waals surface area (Å²) >= 11 is 0. The predicted molar refractivity (Wildman–Crippen MR) is 121 cm³/mol. The summed E-state index contributed by atoms with van der Waals surface area (Å²) in [6.45, 7) is 5.11. The van der Waals surface area contributed by atoms with Crippen LogP contribution in [-0.4, -0.2) is 47.9 Å². The highest BCUT2D eigenvalue weighted by Gasteiger charge is 2.22. The fourth-order valence-corrected chi connectivity index (χ4v) is 4.35. The zero-order chi connectivity index (χ0) is 23.4. The van der Waals surface area contributed by atoms with Crippen molar-refractivity contribution in [3.63, 3.8) is 0 Å². The number of carbonyl (C=O) groups excluding carboxylic acids is 1. The van der Waals surface area contributed by atoms with Gasteiger partial charge < -0.3 is 10.1 Å². The lowest BCUT2D eigenvalue weighted by Gasteiger charge is -2.23. The van der Waals surface area contributed by atoms with Crippen LogP contribution in [0.2, 0.25) is 0 Å². The number of rotatable bonds is 9. The highest BCUT2D eigenvalue weighted by atomic mass is 32.2. The third-order valence-corrected chi connectivity index (χ3v) is 6.64. The molecule has 0 aliphatic rings. The number of amides is 1. The molecule has 0 aliphatic heterocycles. The molecule has 170 valence electrons. The number of ether oxygens (including phenoxy) is 1. The molecule has 0 saturated carbocycles. The van der Waals surface area contributed by atoms with E-state index >= 15 is 0 Å². The van der Waals surface area contributed by atoms with Gasteiger partial charge in [0.15, 0.2) is 9.84 Å². The fourth-order valence-electron chi connectivity index (χ4n) is 2.87. The number of carbonyl (C=O) groups is 1. The van der Waals surface area contributed by atoms with E-state index in [1.807, 2.05) is 13.8 Å². The molecule has 31 heavy (non-hydrogen) atoms. The monoisotopic (exact) mass is 468 g/mol. The van der Waals surface area contributed by atoms with E-state index in [0.717, 1.165) is 16.8 Å². The normalized spacial score (nSPS) is 13.0. The van der Waals surface area contributed by atoms with E-state index in [-0.39, 0.29) is 11.0 Å². The van der Waals surface area contributed by atoms with Crippen molar-refractivity contribution in [2.45, 2.75) is 37.8 Å². The van der Waals surface area contributed by atoms with Crippen LogP contribution in [-0.2, 0) is 24.7 Å². The molecule has 0 aliphatic carbocycles. The molecule has 1 atom stereocenters. The largest absolute Gasteiger partial charge is 0.491 e. The summed E-state index contributed by atoms with van der Waals surface area (Å²) in [4.78, 5) is 12.7. The summed E-state index contributed by atoms with van der Waals surface area (Å²) < 4.78 is 54.3. The Morgan fingerprint density at radius 2 is 1.48 bits per heavy atom. The molecule has 1 amide bonds. The first-order chi connectivity index (χ1) is 14.3. The van der Waals surface area contributed by atoms with E-state index in [4.69, 9.17) is 4.74 Å². The van der Waals surface area contributed by atoms with Gasteiger partial charge in [0.05, 0.1) is 29.0 Å². The van der Waals surface area contributed by atoms with Gasteiger partial charge in [-0.15, -0.1) is 0 Å². The topological polar surface area (TPSA) is 110 Å². The lowest BCUT2D eigenvalue weighted by atomic mass is 10.1. The molecule has 0 spiro atoms. The van der Waals surface area contributed by atoms with Gasteiger partial charge in [-0.25, -0.2) is 16.8 Å². The Morgan fingerprint density at radius 3 is 1.94 bits per heavy atom. The second-order valence-corrected chi connectivity index (χ2v) is 11.5. The third-order valence-electron chi connectivity index (χ3n) is 4.37. The van der Waals surface area contributed by atoms with E-state index in [1.54, 1.807) is 43.3 Å². The van der Waals surface area contributed by atoms with Gasteiger partial charge in [-0.3, -0.25) is 9.10 Å². The molecule has 0 bridgehead atoms. The highest BCUT2D eigenvalue weighted by molar-refractivity contribution is 7.92. The minimum Gasteiger partial charge on any atom is -0.491 e. The van der Waals surface area contributed by atoms with Gasteiger partial charge in [-0.1, -0.05) is 12.1 Å². The summed E-state index contributed by atoms with van der Waals surface area (Å²) in [6, 6.07) is 12.2. The zero-order valence-corrected chi connectivity index (χ0v) is 19.8. The molecular formula is C21H28N2O6S2. The smallest absolute Gasteiger partial charge is 0.241 e. The van der Waals surface area contributed by atoms with Gasteiger partial charge in [0.1, 0.15) is 12.3 Å². The highest BCUT2D eigenvalue weighted by Crippen LogP contribution is 2.22. The summed E-state index contributed by atoms with van der Waals surface area (Å²) in [6.07, 6.45) is 2.14. The molecule has 2 aromatic carbocycles. The Morgan fingerprint density at radius 1 is 0.935 bits per heavy atom. The van der Waals surface area contributed by atoms with Gasteiger partial charge >= 0.3 is 0 Å². The van der Waals surface area contributed by atoms with Crippen molar-refractivity contribution < 1.29 is 26.4 Å². The standard InChI is InChI=1S/C21H28N2O6S2/c1-15(2)29-19-10-8-18(9-11-19)23(31(5,27)28)14-21(24)22-16(3)17-6-12-20(13-7-17)30(4,25)26/h6-13,15-16H,14H2,1-5H3,(H,22,24)/t16-/m1/s1. The molecular weight excluding hydrogens is 440 g/mol. The summed E-state index contributed by atoms with van der Waals surface area (Å²) in [5, 5.41) is 2.75. The Balaban J connectivity index is 2.12. The minimum atomic E-state index is -3.71. The van der Waals surface area contributed by atoms with Crippen molar-refractivity contribution in [1.29, 1.82) is 0 Å². The van der Waals surface area contributed by atoms with E-state index in [1.165, 1.54) is 12.1 Å². The van der Waals surface area contributed by atoms with Gasteiger partial charge in [0, 0.05) is 6.26 Å². The lowest BCUT2D eigenvalue weighted by molar-refractivity contribution is -0.120. The number of benzene rings is 2. The molecule has 2 rings (SSSR count). The molecule has 0 saturated heterocycles. The fraction of sp³-hybridized carbons (Fsp3) is 0.381.